The summed E-state index contributed by atoms with van der Waals surface area (Å²) in [6, 6.07) is 0. The second kappa shape index (κ2) is 6.34. The Morgan fingerprint density at radius 1 is 1.29 bits per heavy atom. The Morgan fingerprint density at radius 3 is 2.53 bits per heavy atom. The Labute approximate surface area is 105 Å². The van der Waals surface area contributed by atoms with E-state index in [0.29, 0.717) is 19.5 Å². The molecule has 0 unspecified atom stereocenters. The minimum atomic E-state index is -0.121. The zero-order chi connectivity index (χ0) is 12.8. The molecule has 6 heteroatoms. The Balaban J connectivity index is 2.26. The standard InChI is InChI=1S/C11H17N3O2S/c1-7-8(2)17-11(14-7)6-13-10(16)4-5-12-9(3)15/h4-6H2,1-3H3,(H,12,15)(H,13,16). The predicted octanol–water partition coefficient (Wildman–Crippen LogP) is 0.902. The quantitative estimate of drug-likeness (QED) is 0.821. The number of carbonyl (C=O) groups is 2. The third-order valence-electron chi connectivity index (χ3n) is 2.24. The molecule has 0 spiro atoms. The molecule has 5 nitrogen and oxygen atoms in total. The van der Waals surface area contributed by atoms with Crippen LogP contribution in [0.4, 0.5) is 0 Å². The molecule has 0 aliphatic carbocycles. The van der Waals surface area contributed by atoms with Gasteiger partial charge in [-0.1, -0.05) is 0 Å². The van der Waals surface area contributed by atoms with Gasteiger partial charge in [0, 0.05) is 24.8 Å². The average Bonchev–Trinajstić information content (AvgIpc) is 2.55. The number of nitrogens with zero attached hydrogens (tertiary/aromatic N) is 1. The largest absolute Gasteiger partial charge is 0.356 e. The summed E-state index contributed by atoms with van der Waals surface area (Å²) < 4.78 is 0. The lowest BCUT2D eigenvalue weighted by atomic mass is 10.4. The molecule has 1 rings (SSSR count). The highest BCUT2D eigenvalue weighted by atomic mass is 32.1. The van der Waals surface area contributed by atoms with Crippen LogP contribution in [0.15, 0.2) is 0 Å². The maximum absolute atomic E-state index is 11.4. The summed E-state index contributed by atoms with van der Waals surface area (Å²) >= 11 is 1.59. The smallest absolute Gasteiger partial charge is 0.222 e. The second-order valence-corrected chi connectivity index (χ2v) is 5.05. The summed E-state index contributed by atoms with van der Waals surface area (Å²) in [5, 5.41) is 6.26. The Bertz CT molecular complexity index is 395. The third-order valence-corrected chi connectivity index (χ3v) is 3.31. The second-order valence-electron chi connectivity index (χ2n) is 3.76. The molecular weight excluding hydrogens is 238 g/mol. The minimum absolute atomic E-state index is 0.0794. The molecule has 0 aromatic carbocycles. The van der Waals surface area contributed by atoms with Gasteiger partial charge in [0.05, 0.1) is 12.2 Å². The monoisotopic (exact) mass is 255 g/mol. The Morgan fingerprint density at radius 2 is 2.00 bits per heavy atom. The molecule has 94 valence electrons. The van der Waals surface area contributed by atoms with Crippen molar-refractivity contribution in [3.8, 4) is 0 Å². The van der Waals surface area contributed by atoms with Gasteiger partial charge in [-0.25, -0.2) is 4.98 Å². The fourth-order valence-corrected chi connectivity index (χ4v) is 2.10. The first-order chi connectivity index (χ1) is 7.99. The van der Waals surface area contributed by atoms with E-state index in [9.17, 15) is 9.59 Å². The van der Waals surface area contributed by atoms with Gasteiger partial charge in [-0.2, -0.15) is 0 Å². The topological polar surface area (TPSA) is 71.1 Å². The van der Waals surface area contributed by atoms with Gasteiger partial charge in [0.2, 0.25) is 11.8 Å². The molecule has 1 heterocycles. The molecular formula is C11H17N3O2S. The van der Waals surface area contributed by atoms with E-state index in [1.165, 1.54) is 11.8 Å². The number of hydrogen-bond acceptors (Lipinski definition) is 4. The molecule has 0 aliphatic heterocycles. The number of aromatic nitrogens is 1. The first kappa shape index (κ1) is 13.6. The highest BCUT2D eigenvalue weighted by molar-refractivity contribution is 7.11. The molecule has 0 aliphatic rings. The zero-order valence-corrected chi connectivity index (χ0v) is 11.1. The molecule has 1 aromatic heterocycles. The summed E-state index contributed by atoms with van der Waals surface area (Å²) in [7, 11) is 0. The molecule has 2 amide bonds. The summed E-state index contributed by atoms with van der Waals surface area (Å²) in [6.45, 7) is 6.22. The van der Waals surface area contributed by atoms with E-state index in [2.05, 4.69) is 15.6 Å². The van der Waals surface area contributed by atoms with Gasteiger partial charge in [-0.3, -0.25) is 9.59 Å². The van der Waals surface area contributed by atoms with Crippen LogP contribution in [0.25, 0.3) is 0 Å². The number of aryl methyl sites for hydroxylation is 2. The first-order valence-electron chi connectivity index (χ1n) is 5.43. The lowest BCUT2D eigenvalue weighted by Crippen LogP contribution is -2.29. The molecule has 0 fully saturated rings. The average molecular weight is 255 g/mol. The van der Waals surface area contributed by atoms with Crippen molar-refractivity contribution in [2.45, 2.75) is 33.7 Å². The van der Waals surface area contributed by atoms with E-state index >= 15 is 0 Å². The normalized spacial score (nSPS) is 10.1. The van der Waals surface area contributed by atoms with Crippen LogP contribution >= 0.6 is 11.3 Å². The fourth-order valence-electron chi connectivity index (χ4n) is 1.23. The molecule has 2 N–H and O–H groups in total. The van der Waals surface area contributed by atoms with Crippen LogP contribution in [-0.2, 0) is 16.1 Å². The van der Waals surface area contributed by atoms with E-state index < -0.39 is 0 Å². The zero-order valence-electron chi connectivity index (χ0n) is 10.3. The van der Waals surface area contributed by atoms with Crippen molar-refractivity contribution in [2.75, 3.05) is 6.54 Å². The molecule has 17 heavy (non-hydrogen) atoms. The van der Waals surface area contributed by atoms with Gasteiger partial charge in [0.25, 0.3) is 0 Å². The van der Waals surface area contributed by atoms with Crippen LogP contribution in [0.3, 0.4) is 0 Å². The molecule has 0 saturated carbocycles. The summed E-state index contributed by atoms with van der Waals surface area (Å²) in [5.41, 5.74) is 1.01. The number of carbonyl (C=O) groups excluding carboxylic acids is 2. The summed E-state index contributed by atoms with van der Waals surface area (Å²) in [4.78, 5) is 27.5. The third kappa shape index (κ3) is 4.95. The molecule has 1 aromatic rings. The molecule has 0 bridgehead atoms. The highest BCUT2D eigenvalue weighted by Gasteiger charge is 2.06. The van der Waals surface area contributed by atoms with Crippen LogP contribution in [0.5, 0.6) is 0 Å². The number of hydrogen-bond donors (Lipinski definition) is 2. The maximum atomic E-state index is 11.4. The fraction of sp³-hybridized carbons (Fsp3) is 0.545. The van der Waals surface area contributed by atoms with Gasteiger partial charge in [-0.15, -0.1) is 11.3 Å². The van der Waals surface area contributed by atoms with Gasteiger partial charge in [-0.05, 0) is 13.8 Å². The van der Waals surface area contributed by atoms with Crippen LogP contribution in [0.1, 0.15) is 28.9 Å². The highest BCUT2D eigenvalue weighted by Crippen LogP contribution is 2.15. The first-order valence-corrected chi connectivity index (χ1v) is 6.24. The number of rotatable bonds is 5. The summed E-state index contributed by atoms with van der Waals surface area (Å²) in [5.74, 6) is -0.201. The predicted molar refractivity (Wildman–Crippen MR) is 66.7 cm³/mol. The Kier molecular flexibility index (Phi) is 5.09. The van der Waals surface area contributed by atoms with Crippen molar-refractivity contribution >= 4 is 23.2 Å². The van der Waals surface area contributed by atoms with Crippen LogP contribution < -0.4 is 10.6 Å². The van der Waals surface area contributed by atoms with Crippen molar-refractivity contribution in [1.82, 2.24) is 15.6 Å². The minimum Gasteiger partial charge on any atom is -0.356 e. The molecule has 0 atom stereocenters. The van der Waals surface area contributed by atoms with Crippen molar-refractivity contribution in [3.63, 3.8) is 0 Å². The Hall–Kier alpha value is -1.43. The number of thiazole rings is 1. The van der Waals surface area contributed by atoms with Crippen LogP contribution in [0.2, 0.25) is 0 Å². The lowest BCUT2D eigenvalue weighted by Gasteiger charge is -2.03. The van der Waals surface area contributed by atoms with E-state index in [-0.39, 0.29) is 11.8 Å². The van der Waals surface area contributed by atoms with Gasteiger partial charge in [0.15, 0.2) is 0 Å². The van der Waals surface area contributed by atoms with Gasteiger partial charge in [0.1, 0.15) is 5.01 Å². The van der Waals surface area contributed by atoms with Crippen molar-refractivity contribution < 1.29 is 9.59 Å². The van der Waals surface area contributed by atoms with E-state index in [4.69, 9.17) is 0 Å². The van der Waals surface area contributed by atoms with Crippen LogP contribution in [-0.4, -0.2) is 23.3 Å². The number of amides is 2. The summed E-state index contributed by atoms with van der Waals surface area (Å²) in [6.07, 6.45) is 0.295. The van der Waals surface area contributed by atoms with E-state index in [1.807, 2.05) is 13.8 Å². The number of nitrogens with one attached hydrogen (secondary N) is 2. The molecule has 0 radical (unpaired) electrons. The maximum Gasteiger partial charge on any atom is 0.222 e. The van der Waals surface area contributed by atoms with Crippen LogP contribution in [0, 0.1) is 13.8 Å². The van der Waals surface area contributed by atoms with Crippen molar-refractivity contribution in [2.24, 2.45) is 0 Å². The molecule has 0 saturated heterocycles. The SMILES string of the molecule is CC(=O)NCCC(=O)NCc1nc(C)c(C)s1. The van der Waals surface area contributed by atoms with Gasteiger partial charge < -0.3 is 10.6 Å². The van der Waals surface area contributed by atoms with Gasteiger partial charge >= 0.3 is 0 Å². The van der Waals surface area contributed by atoms with E-state index in [1.54, 1.807) is 11.3 Å². The van der Waals surface area contributed by atoms with Crippen molar-refractivity contribution in [1.29, 1.82) is 0 Å². The van der Waals surface area contributed by atoms with Crippen molar-refractivity contribution in [3.05, 3.63) is 15.6 Å². The lowest BCUT2D eigenvalue weighted by molar-refractivity contribution is -0.121. The van der Waals surface area contributed by atoms with E-state index in [0.717, 1.165) is 10.7 Å².